The van der Waals surface area contributed by atoms with Crippen molar-refractivity contribution in [3.8, 4) is 0 Å². The summed E-state index contributed by atoms with van der Waals surface area (Å²) in [5.41, 5.74) is 1.96. The predicted molar refractivity (Wildman–Crippen MR) is 88.1 cm³/mol. The Labute approximate surface area is 131 Å². The number of nitrogens with zero attached hydrogens (tertiary/aromatic N) is 1. The number of likely N-dealkylation sites (N-methyl/N-ethyl adjacent to an activating group) is 1. The van der Waals surface area contributed by atoms with Gasteiger partial charge in [0.1, 0.15) is 0 Å². The Bertz CT molecular complexity index is 433. The van der Waals surface area contributed by atoms with E-state index in [0.717, 1.165) is 5.92 Å². The standard InChI is InChI=1S/C17H25BrN2/c1-20(12-14-3-2-10-19-11-14)13-17(8-9-17)15-4-6-16(18)7-5-15/h4-7,14,19H,2-3,8-13H2,1H3. The fourth-order valence-electron chi connectivity index (χ4n) is 3.59. The number of rotatable bonds is 5. The lowest BCUT2D eigenvalue weighted by molar-refractivity contribution is 0.228. The minimum Gasteiger partial charge on any atom is -0.316 e. The molecule has 0 bridgehead atoms. The van der Waals surface area contributed by atoms with E-state index in [1.807, 2.05) is 0 Å². The molecule has 0 radical (unpaired) electrons. The Morgan fingerprint density at radius 1 is 1.30 bits per heavy atom. The minimum absolute atomic E-state index is 0.442. The van der Waals surface area contributed by atoms with Crippen LogP contribution in [0.15, 0.2) is 28.7 Å². The first-order valence-electron chi connectivity index (χ1n) is 7.83. The average molecular weight is 337 g/mol. The van der Waals surface area contributed by atoms with Crippen LogP contribution in [0.3, 0.4) is 0 Å². The Morgan fingerprint density at radius 2 is 2.05 bits per heavy atom. The fourth-order valence-corrected chi connectivity index (χ4v) is 3.86. The van der Waals surface area contributed by atoms with E-state index in [0.29, 0.717) is 5.41 Å². The van der Waals surface area contributed by atoms with Gasteiger partial charge in [0.2, 0.25) is 0 Å². The first-order chi connectivity index (χ1) is 9.68. The average Bonchev–Trinajstić information content (AvgIpc) is 3.21. The van der Waals surface area contributed by atoms with E-state index >= 15 is 0 Å². The van der Waals surface area contributed by atoms with Crippen molar-refractivity contribution in [2.24, 2.45) is 5.92 Å². The molecule has 110 valence electrons. The van der Waals surface area contributed by atoms with Gasteiger partial charge in [-0.25, -0.2) is 0 Å². The molecule has 0 amide bonds. The van der Waals surface area contributed by atoms with Gasteiger partial charge in [-0.15, -0.1) is 0 Å². The molecule has 3 rings (SSSR count). The zero-order valence-corrected chi connectivity index (χ0v) is 14.0. The quantitative estimate of drug-likeness (QED) is 0.886. The molecular weight excluding hydrogens is 312 g/mol. The van der Waals surface area contributed by atoms with Crippen LogP contribution in [0.2, 0.25) is 0 Å². The van der Waals surface area contributed by atoms with Crippen molar-refractivity contribution < 1.29 is 0 Å². The molecule has 0 aromatic heterocycles. The molecule has 1 aromatic carbocycles. The summed E-state index contributed by atoms with van der Waals surface area (Å²) in [4.78, 5) is 2.56. The number of nitrogens with one attached hydrogen (secondary N) is 1. The van der Waals surface area contributed by atoms with Gasteiger partial charge in [-0.05, 0) is 69.4 Å². The fraction of sp³-hybridized carbons (Fsp3) is 0.647. The maximum atomic E-state index is 3.53. The number of piperidine rings is 1. The number of hydrogen-bond donors (Lipinski definition) is 1. The number of benzene rings is 1. The van der Waals surface area contributed by atoms with Crippen molar-refractivity contribution in [1.82, 2.24) is 10.2 Å². The molecule has 1 saturated carbocycles. The molecule has 1 unspecified atom stereocenters. The van der Waals surface area contributed by atoms with Crippen LogP contribution in [0.5, 0.6) is 0 Å². The van der Waals surface area contributed by atoms with Crippen molar-refractivity contribution in [2.45, 2.75) is 31.1 Å². The smallest absolute Gasteiger partial charge is 0.0175 e. The summed E-state index contributed by atoms with van der Waals surface area (Å²) < 4.78 is 1.18. The van der Waals surface area contributed by atoms with Crippen molar-refractivity contribution in [2.75, 3.05) is 33.2 Å². The molecule has 1 aliphatic heterocycles. The van der Waals surface area contributed by atoms with Crippen LogP contribution in [-0.2, 0) is 5.41 Å². The van der Waals surface area contributed by atoms with E-state index in [1.54, 1.807) is 0 Å². The Balaban J connectivity index is 1.57. The van der Waals surface area contributed by atoms with E-state index in [4.69, 9.17) is 0 Å². The third-order valence-electron chi connectivity index (χ3n) is 4.85. The summed E-state index contributed by atoms with van der Waals surface area (Å²) in [5, 5.41) is 3.52. The van der Waals surface area contributed by atoms with Crippen LogP contribution < -0.4 is 5.32 Å². The summed E-state index contributed by atoms with van der Waals surface area (Å²) in [7, 11) is 2.30. The summed E-state index contributed by atoms with van der Waals surface area (Å²) in [5.74, 6) is 0.842. The van der Waals surface area contributed by atoms with Crippen molar-refractivity contribution in [1.29, 1.82) is 0 Å². The van der Waals surface area contributed by atoms with E-state index in [-0.39, 0.29) is 0 Å². The summed E-state index contributed by atoms with van der Waals surface area (Å²) >= 11 is 3.53. The van der Waals surface area contributed by atoms with E-state index in [9.17, 15) is 0 Å². The molecule has 1 saturated heterocycles. The number of halogens is 1. The molecule has 3 heteroatoms. The minimum atomic E-state index is 0.442. The molecule has 20 heavy (non-hydrogen) atoms. The normalized spacial score (nSPS) is 24.9. The van der Waals surface area contributed by atoms with Crippen molar-refractivity contribution >= 4 is 15.9 Å². The topological polar surface area (TPSA) is 15.3 Å². The number of hydrogen-bond acceptors (Lipinski definition) is 2. The van der Waals surface area contributed by atoms with Gasteiger partial charge in [-0.3, -0.25) is 0 Å². The maximum absolute atomic E-state index is 3.53. The van der Waals surface area contributed by atoms with Gasteiger partial charge in [-0.1, -0.05) is 28.1 Å². The molecule has 1 atom stereocenters. The van der Waals surface area contributed by atoms with Crippen LogP contribution in [-0.4, -0.2) is 38.1 Å². The highest BCUT2D eigenvalue weighted by Crippen LogP contribution is 2.48. The van der Waals surface area contributed by atoms with Crippen LogP contribution in [0.25, 0.3) is 0 Å². The van der Waals surface area contributed by atoms with Gasteiger partial charge >= 0.3 is 0 Å². The van der Waals surface area contributed by atoms with Gasteiger partial charge in [0.05, 0.1) is 0 Å². The molecule has 2 fully saturated rings. The van der Waals surface area contributed by atoms with Crippen LogP contribution in [0.1, 0.15) is 31.2 Å². The molecule has 2 nitrogen and oxygen atoms in total. The van der Waals surface area contributed by atoms with Crippen LogP contribution >= 0.6 is 15.9 Å². The highest BCUT2D eigenvalue weighted by molar-refractivity contribution is 9.10. The second kappa shape index (κ2) is 6.17. The monoisotopic (exact) mass is 336 g/mol. The Morgan fingerprint density at radius 3 is 2.65 bits per heavy atom. The lowest BCUT2D eigenvalue weighted by Crippen LogP contribution is -2.39. The first-order valence-corrected chi connectivity index (χ1v) is 8.63. The molecular formula is C17H25BrN2. The largest absolute Gasteiger partial charge is 0.316 e. The zero-order chi connectivity index (χ0) is 14.0. The lowest BCUT2D eigenvalue weighted by Gasteiger charge is -2.30. The maximum Gasteiger partial charge on any atom is 0.0175 e. The van der Waals surface area contributed by atoms with Gasteiger partial charge in [0.15, 0.2) is 0 Å². The summed E-state index contributed by atoms with van der Waals surface area (Å²) in [6, 6.07) is 8.96. The van der Waals surface area contributed by atoms with Crippen LogP contribution in [0.4, 0.5) is 0 Å². The summed E-state index contributed by atoms with van der Waals surface area (Å²) in [6.45, 7) is 4.87. The van der Waals surface area contributed by atoms with Gasteiger partial charge < -0.3 is 10.2 Å². The second-order valence-electron chi connectivity index (χ2n) is 6.70. The van der Waals surface area contributed by atoms with Crippen molar-refractivity contribution in [3.05, 3.63) is 34.3 Å². The van der Waals surface area contributed by atoms with Crippen LogP contribution in [0, 0.1) is 5.92 Å². The van der Waals surface area contributed by atoms with E-state index in [2.05, 4.69) is 57.5 Å². The predicted octanol–water partition coefficient (Wildman–Crippen LogP) is 3.41. The zero-order valence-electron chi connectivity index (χ0n) is 12.4. The SMILES string of the molecule is CN(CC1CCCNC1)CC1(c2ccc(Br)cc2)CC1. The van der Waals surface area contributed by atoms with Crippen molar-refractivity contribution in [3.63, 3.8) is 0 Å². The van der Waals surface area contributed by atoms with E-state index < -0.39 is 0 Å². The molecule has 1 N–H and O–H groups in total. The highest BCUT2D eigenvalue weighted by atomic mass is 79.9. The first kappa shape index (κ1) is 14.6. The van der Waals surface area contributed by atoms with Gasteiger partial charge in [0.25, 0.3) is 0 Å². The van der Waals surface area contributed by atoms with Gasteiger partial charge in [-0.2, -0.15) is 0 Å². The molecule has 2 aliphatic rings. The molecule has 1 aromatic rings. The second-order valence-corrected chi connectivity index (χ2v) is 7.61. The third kappa shape index (κ3) is 3.44. The van der Waals surface area contributed by atoms with Gasteiger partial charge in [0, 0.05) is 23.0 Å². The van der Waals surface area contributed by atoms with E-state index in [1.165, 1.54) is 61.9 Å². The lowest BCUT2D eigenvalue weighted by atomic mass is 9.94. The molecule has 1 aliphatic carbocycles. The Hall–Kier alpha value is -0.380. The molecule has 0 spiro atoms. The third-order valence-corrected chi connectivity index (χ3v) is 5.38. The highest BCUT2D eigenvalue weighted by Gasteiger charge is 2.44. The summed E-state index contributed by atoms with van der Waals surface area (Å²) in [6.07, 6.45) is 5.43. The Kier molecular flexibility index (Phi) is 4.49. The molecule has 1 heterocycles.